The summed E-state index contributed by atoms with van der Waals surface area (Å²) in [7, 11) is 2.15. The Kier molecular flexibility index (Phi) is 4.20. The number of hydrogen-bond donors (Lipinski definition) is 0. The summed E-state index contributed by atoms with van der Waals surface area (Å²) in [5.74, 6) is -5.80. The van der Waals surface area contributed by atoms with Gasteiger partial charge in [0.25, 0.3) is 0 Å². The molecule has 0 aliphatic rings. The maximum atomic E-state index is 13.7. The van der Waals surface area contributed by atoms with Crippen LogP contribution >= 0.6 is 0 Å². The average molecular weight is 299 g/mol. The predicted molar refractivity (Wildman–Crippen MR) is 69.0 cm³/mol. The Balaban J connectivity index is 2.56. The molecule has 109 valence electrons. The summed E-state index contributed by atoms with van der Waals surface area (Å²) in [5, 5.41) is 0. The smallest absolute Gasteiger partial charge is 0.201 e. The molecule has 2 aromatic carbocycles. The van der Waals surface area contributed by atoms with Gasteiger partial charge in [0.1, 0.15) is 17.4 Å². The Hall–Kier alpha value is -2.05. The fourth-order valence-electron chi connectivity index (χ4n) is 1.96. The molecule has 2 rings (SSSR count). The molecule has 0 fully saturated rings. The van der Waals surface area contributed by atoms with Crippen molar-refractivity contribution in [2.45, 2.75) is 6.92 Å². The van der Waals surface area contributed by atoms with E-state index in [2.05, 4.69) is 0 Å². The Morgan fingerprint density at radius 2 is 1.57 bits per heavy atom. The highest BCUT2D eigenvalue weighted by molar-refractivity contribution is 6.68. The lowest BCUT2D eigenvalue weighted by Crippen LogP contribution is -2.34. The van der Waals surface area contributed by atoms with E-state index in [1.54, 1.807) is 0 Å². The van der Waals surface area contributed by atoms with Crippen LogP contribution in [0.4, 0.5) is 22.0 Å². The zero-order chi connectivity index (χ0) is 15.7. The van der Waals surface area contributed by atoms with Gasteiger partial charge < -0.3 is 4.74 Å². The minimum absolute atomic E-state index is 0.122. The van der Waals surface area contributed by atoms with E-state index in [1.807, 2.05) is 0 Å². The minimum atomic E-state index is -1.33. The van der Waals surface area contributed by atoms with Crippen molar-refractivity contribution in [3.63, 3.8) is 0 Å². The normalized spacial score (nSPS) is 10.6. The van der Waals surface area contributed by atoms with Crippen LogP contribution in [0.2, 0.25) is 0 Å². The van der Waals surface area contributed by atoms with Crippen molar-refractivity contribution < 1.29 is 26.7 Å². The first-order chi connectivity index (χ1) is 9.85. The molecule has 7 heteroatoms. The largest absolute Gasteiger partial charge is 0.494 e. The average Bonchev–Trinajstić information content (AvgIpc) is 2.41. The summed E-state index contributed by atoms with van der Waals surface area (Å²) in [6.45, 7) is 1.16. The van der Waals surface area contributed by atoms with E-state index < -0.39 is 29.1 Å². The third-order valence-corrected chi connectivity index (χ3v) is 2.99. The highest BCUT2D eigenvalue weighted by Crippen LogP contribution is 2.16. The van der Waals surface area contributed by atoms with E-state index in [4.69, 9.17) is 4.74 Å². The van der Waals surface area contributed by atoms with Crippen molar-refractivity contribution in [1.29, 1.82) is 0 Å². The Labute approximate surface area is 118 Å². The summed E-state index contributed by atoms with van der Waals surface area (Å²) in [6, 6.07) is 1.88. The van der Waals surface area contributed by atoms with Gasteiger partial charge in [0.2, 0.25) is 7.28 Å². The van der Waals surface area contributed by atoms with Crippen molar-refractivity contribution in [2.24, 2.45) is 0 Å². The first-order valence-corrected chi connectivity index (χ1v) is 5.87. The number of benzene rings is 2. The van der Waals surface area contributed by atoms with Gasteiger partial charge in [-0.1, -0.05) is 0 Å². The maximum Gasteiger partial charge on any atom is 0.201 e. The Bertz CT molecular complexity index is 702. The molecule has 1 nitrogen and oxygen atoms in total. The first kappa shape index (κ1) is 15.3. The highest BCUT2D eigenvalue weighted by Gasteiger charge is 2.20. The molecule has 2 aromatic rings. The number of halogens is 5. The molecule has 0 heterocycles. The Morgan fingerprint density at radius 3 is 2.19 bits per heavy atom. The zero-order valence-electron chi connectivity index (χ0n) is 11.1. The molecule has 0 aliphatic heterocycles. The molecule has 0 atom stereocenters. The number of hydrogen-bond acceptors (Lipinski definition) is 1. The highest BCUT2D eigenvalue weighted by atomic mass is 19.2. The van der Waals surface area contributed by atoms with Gasteiger partial charge in [-0.3, -0.25) is 0 Å². The van der Waals surface area contributed by atoms with E-state index in [-0.39, 0.29) is 22.2 Å². The molecule has 0 aliphatic carbocycles. The third-order valence-electron chi connectivity index (χ3n) is 2.99. The predicted octanol–water partition coefficient (Wildman–Crippen LogP) is 2.35. The molecule has 0 amide bonds. The molecular formula is C14H9BF5O. The van der Waals surface area contributed by atoms with Crippen molar-refractivity contribution in [3.05, 3.63) is 52.8 Å². The molecule has 0 N–H and O–H groups in total. The van der Waals surface area contributed by atoms with Crippen LogP contribution < -0.4 is 15.7 Å². The standard InChI is InChI=1S/C14H9BF5O/c1-6-12(9(17)5-10(18)13(6)20)15-8-3-7(16)4-11(19)14(8)21-2/h3-5H,1-2H3. The van der Waals surface area contributed by atoms with E-state index in [9.17, 15) is 22.0 Å². The lowest BCUT2D eigenvalue weighted by molar-refractivity contribution is 0.388. The van der Waals surface area contributed by atoms with Gasteiger partial charge in [-0.05, 0) is 29.5 Å². The molecule has 0 saturated carbocycles. The lowest BCUT2D eigenvalue weighted by atomic mass is 9.61. The summed E-state index contributed by atoms with van der Waals surface area (Å²) in [6.07, 6.45) is 0. The second-order valence-electron chi connectivity index (χ2n) is 4.35. The number of rotatable bonds is 3. The first-order valence-electron chi connectivity index (χ1n) is 5.87. The van der Waals surface area contributed by atoms with Crippen molar-refractivity contribution in [2.75, 3.05) is 7.11 Å². The summed E-state index contributed by atoms with van der Waals surface area (Å²) >= 11 is 0. The fourth-order valence-corrected chi connectivity index (χ4v) is 1.96. The summed E-state index contributed by atoms with van der Waals surface area (Å²) in [5.41, 5.74) is -0.737. The van der Waals surface area contributed by atoms with Gasteiger partial charge >= 0.3 is 0 Å². The molecule has 0 aromatic heterocycles. The second kappa shape index (κ2) is 5.75. The van der Waals surface area contributed by atoms with Crippen LogP contribution in [0.5, 0.6) is 5.75 Å². The minimum Gasteiger partial charge on any atom is -0.494 e. The molecule has 21 heavy (non-hydrogen) atoms. The molecular weight excluding hydrogens is 290 g/mol. The zero-order valence-corrected chi connectivity index (χ0v) is 11.1. The molecule has 0 saturated heterocycles. The van der Waals surface area contributed by atoms with Gasteiger partial charge in [0.15, 0.2) is 17.5 Å². The van der Waals surface area contributed by atoms with E-state index >= 15 is 0 Å². The molecule has 0 unspecified atom stereocenters. The van der Waals surface area contributed by atoms with Crippen molar-refractivity contribution in [3.8, 4) is 5.75 Å². The van der Waals surface area contributed by atoms with Gasteiger partial charge in [-0.25, -0.2) is 22.0 Å². The SMILES string of the molecule is COc1c(F)cc(F)cc1[B]c1c(F)cc(F)c(F)c1C. The monoisotopic (exact) mass is 299 g/mol. The van der Waals surface area contributed by atoms with Gasteiger partial charge in [0.05, 0.1) is 7.11 Å². The number of ether oxygens (including phenoxy) is 1. The van der Waals surface area contributed by atoms with Gasteiger partial charge in [-0.15, -0.1) is 0 Å². The topological polar surface area (TPSA) is 9.23 Å². The van der Waals surface area contributed by atoms with Gasteiger partial charge in [-0.2, -0.15) is 0 Å². The van der Waals surface area contributed by atoms with Crippen LogP contribution in [0.25, 0.3) is 0 Å². The number of methoxy groups -OCH3 is 1. The lowest BCUT2D eigenvalue weighted by Gasteiger charge is -2.12. The van der Waals surface area contributed by atoms with E-state index in [1.165, 1.54) is 0 Å². The maximum absolute atomic E-state index is 13.7. The van der Waals surface area contributed by atoms with E-state index in [0.29, 0.717) is 12.1 Å². The van der Waals surface area contributed by atoms with Crippen LogP contribution in [0.3, 0.4) is 0 Å². The second-order valence-corrected chi connectivity index (χ2v) is 4.35. The van der Waals surface area contributed by atoms with Crippen LogP contribution in [-0.2, 0) is 0 Å². The molecule has 1 radical (unpaired) electrons. The van der Waals surface area contributed by atoms with Crippen LogP contribution in [0.15, 0.2) is 18.2 Å². The van der Waals surface area contributed by atoms with Crippen molar-refractivity contribution >= 4 is 18.2 Å². The Morgan fingerprint density at radius 1 is 0.905 bits per heavy atom. The third kappa shape index (κ3) is 2.86. The molecule has 0 bridgehead atoms. The van der Waals surface area contributed by atoms with Gasteiger partial charge in [0, 0.05) is 12.1 Å². The quantitative estimate of drug-likeness (QED) is 0.480. The van der Waals surface area contributed by atoms with Crippen molar-refractivity contribution in [1.82, 2.24) is 0 Å². The summed E-state index contributed by atoms with van der Waals surface area (Å²) in [4.78, 5) is 0. The van der Waals surface area contributed by atoms with Crippen LogP contribution in [-0.4, -0.2) is 14.4 Å². The fraction of sp³-hybridized carbons (Fsp3) is 0.143. The van der Waals surface area contributed by atoms with Crippen LogP contribution in [0.1, 0.15) is 5.56 Å². The van der Waals surface area contributed by atoms with Crippen LogP contribution in [0, 0.1) is 36.0 Å². The molecule has 0 spiro atoms. The summed E-state index contributed by atoms with van der Waals surface area (Å²) < 4.78 is 71.8. The van der Waals surface area contributed by atoms with E-state index in [0.717, 1.165) is 27.4 Å².